The molecule has 2 atom stereocenters. The summed E-state index contributed by atoms with van der Waals surface area (Å²) >= 11 is 3.16. The predicted octanol–water partition coefficient (Wildman–Crippen LogP) is 1.61. The lowest BCUT2D eigenvalue weighted by molar-refractivity contribution is -0.167. The number of oxime groups is 1. The molecule has 3 amide bonds. The van der Waals surface area contributed by atoms with Crippen LogP contribution in [0.4, 0.5) is 18.3 Å². The van der Waals surface area contributed by atoms with Gasteiger partial charge in [-0.15, -0.1) is 34.9 Å². The summed E-state index contributed by atoms with van der Waals surface area (Å²) in [4.78, 5) is 57.9. The molecule has 0 bridgehead atoms. The van der Waals surface area contributed by atoms with Crippen LogP contribution in [0.25, 0.3) is 0 Å². The summed E-state index contributed by atoms with van der Waals surface area (Å²) in [5.41, 5.74) is -0.268. The second kappa shape index (κ2) is 10.7. The molecular weight excluding hydrogens is 535 g/mol. The van der Waals surface area contributed by atoms with Crippen LogP contribution in [0.3, 0.4) is 0 Å². The van der Waals surface area contributed by atoms with Gasteiger partial charge in [0.05, 0.1) is 0 Å². The average molecular weight is 552 g/mol. The van der Waals surface area contributed by atoms with Crippen LogP contribution < -0.4 is 10.6 Å². The molecule has 2 aliphatic heterocycles. The zero-order valence-electron chi connectivity index (χ0n) is 17.6. The summed E-state index contributed by atoms with van der Waals surface area (Å²) in [7, 11) is 1.12. The maximum Gasteiger partial charge on any atom is 0.471 e. The molecule has 1 aromatic heterocycles. The average Bonchev–Trinajstić information content (AvgIpc) is 3.25. The summed E-state index contributed by atoms with van der Waals surface area (Å²) in [5.74, 6) is -4.44. The zero-order valence-corrected chi connectivity index (χ0v) is 20.1. The molecule has 0 aromatic carbocycles. The minimum atomic E-state index is -5.13. The number of carboxylic acid groups (broad SMARTS) is 1. The summed E-state index contributed by atoms with van der Waals surface area (Å²) < 4.78 is 37.3. The van der Waals surface area contributed by atoms with E-state index in [2.05, 4.69) is 26.9 Å². The van der Waals surface area contributed by atoms with E-state index in [-0.39, 0.29) is 11.4 Å². The number of carbonyl (C=O) groups is 4. The lowest BCUT2D eigenvalue weighted by atomic mass is 10.0. The number of halogens is 3. The quantitative estimate of drug-likeness (QED) is 0.236. The molecule has 3 N–H and O–H groups in total. The molecule has 1 fully saturated rings. The summed E-state index contributed by atoms with van der Waals surface area (Å²) in [5, 5.41) is 18.7. The first-order chi connectivity index (χ1) is 16.5. The maximum absolute atomic E-state index is 12.8. The first-order valence-corrected chi connectivity index (χ1v) is 12.4. The van der Waals surface area contributed by atoms with Crippen LogP contribution in [0.2, 0.25) is 0 Å². The number of aliphatic carboxylic acids is 1. The number of thioether (sulfide) groups is 2. The predicted molar refractivity (Wildman–Crippen MR) is 123 cm³/mol. The molecule has 3 rings (SSSR count). The number of nitrogens with zero attached hydrogens (tertiary/aromatic N) is 3. The molecular formula is C18H16F3N5O6S3. The molecule has 35 heavy (non-hydrogen) atoms. The number of nitrogens with one attached hydrogen (secondary N) is 2. The number of hydrogen-bond acceptors (Lipinski definition) is 10. The number of hydrogen-bond donors (Lipinski definition) is 3. The Morgan fingerprint density at radius 3 is 2.77 bits per heavy atom. The lowest BCUT2D eigenvalue weighted by Gasteiger charge is -2.49. The van der Waals surface area contributed by atoms with Crippen LogP contribution in [0.15, 0.2) is 33.8 Å². The van der Waals surface area contributed by atoms with Crippen molar-refractivity contribution in [2.24, 2.45) is 5.16 Å². The number of anilines is 1. The standard InChI is InChI=1S/C18H16F3N5O6S3/c1-3-33-4-7-5-34-14-10(13(28)26(14)11(7)15(29)30)23-12(27)9(25-32-2)8-6-35-17(22-8)24-16(31)18(19,20)21/h3,6,10,14H,1,4-5H2,2H3,(H,23,27)(H,29,30)(H,22,24,31)/t10?,14-/m1/s1. The van der Waals surface area contributed by atoms with Crippen molar-refractivity contribution in [1.82, 2.24) is 15.2 Å². The van der Waals surface area contributed by atoms with Crippen LogP contribution in [-0.2, 0) is 24.0 Å². The van der Waals surface area contributed by atoms with Crippen LogP contribution in [0.1, 0.15) is 5.69 Å². The third-order valence-electron chi connectivity index (χ3n) is 4.53. The Balaban J connectivity index is 1.75. The van der Waals surface area contributed by atoms with Crippen LogP contribution >= 0.6 is 34.9 Å². The van der Waals surface area contributed by atoms with E-state index in [1.807, 2.05) is 0 Å². The first-order valence-electron chi connectivity index (χ1n) is 9.38. The zero-order chi connectivity index (χ0) is 25.9. The number of amides is 3. The highest BCUT2D eigenvalue weighted by atomic mass is 32.2. The maximum atomic E-state index is 12.8. The third kappa shape index (κ3) is 5.62. The number of fused-ring (bicyclic) bond motifs is 1. The molecule has 17 heteroatoms. The van der Waals surface area contributed by atoms with Crippen molar-refractivity contribution in [2.75, 3.05) is 23.9 Å². The molecule has 3 heterocycles. The second-order valence-electron chi connectivity index (χ2n) is 6.71. The van der Waals surface area contributed by atoms with E-state index >= 15 is 0 Å². The van der Waals surface area contributed by atoms with Gasteiger partial charge in [0.15, 0.2) is 10.8 Å². The summed E-state index contributed by atoms with van der Waals surface area (Å²) in [6, 6.07) is -1.08. The van der Waals surface area contributed by atoms with Crippen molar-refractivity contribution in [2.45, 2.75) is 17.6 Å². The fourth-order valence-corrected chi connectivity index (χ4v) is 5.79. The number of alkyl halides is 3. The van der Waals surface area contributed by atoms with Gasteiger partial charge in [-0.2, -0.15) is 13.2 Å². The molecule has 2 aliphatic rings. The molecule has 188 valence electrons. The molecule has 0 radical (unpaired) electrons. The Bertz CT molecular complexity index is 1140. The Morgan fingerprint density at radius 1 is 1.46 bits per heavy atom. The summed E-state index contributed by atoms with van der Waals surface area (Å²) in [6.45, 7) is 3.57. The molecule has 1 aromatic rings. The Kier molecular flexibility index (Phi) is 8.11. The number of carboxylic acids is 1. The van der Waals surface area contributed by atoms with Crippen molar-refractivity contribution in [3.8, 4) is 0 Å². The number of aromatic nitrogens is 1. The lowest BCUT2D eigenvalue weighted by Crippen LogP contribution is -2.71. The Morgan fingerprint density at radius 2 is 2.17 bits per heavy atom. The van der Waals surface area contributed by atoms with E-state index in [0.29, 0.717) is 28.4 Å². The normalized spacial score (nSPS) is 20.1. The van der Waals surface area contributed by atoms with E-state index in [1.54, 1.807) is 10.7 Å². The van der Waals surface area contributed by atoms with Gasteiger partial charge in [0.1, 0.15) is 29.9 Å². The van der Waals surface area contributed by atoms with Gasteiger partial charge in [-0.05, 0) is 11.0 Å². The Hall–Kier alpha value is -3.05. The van der Waals surface area contributed by atoms with Gasteiger partial charge >= 0.3 is 18.1 Å². The second-order valence-corrected chi connectivity index (χ2v) is 9.63. The van der Waals surface area contributed by atoms with Gasteiger partial charge in [0, 0.05) is 16.9 Å². The molecule has 0 aliphatic carbocycles. The molecule has 1 unspecified atom stereocenters. The number of carbonyl (C=O) groups excluding carboxylic acids is 3. The van der Waals surface area contributed by atoms with Crippen molar-refractivity contribution in [3.05, 3.63) is 34.3 Å². The van der Waals surface area contributed by atoms with E-state index in [9.17, 15) is 37.5 Å². The highest BCUT2D eigenvalue weighted by Gasteiger charge is 2.54. The smallest absolute Gasteiger partial charge is 0.471 e. The van der Waals surface area contributed by atoms with Gasteiger partial charge in [0.2, 0.25) is 0 Å². The van der Waals surface area contributed by atoms with Gasteiger partial charge < -0.3 is 15.3 Å². The molecule has 0 saturated carbocycles. The van der Waals surface area contributed by atoms with E-state index in [0.717, 1.165) is 12.0 Å². The van der Waals surface area contributed by atoms with Crippen LogP contribution in [0.5, 0.6) is 0 Å². The molecule has 0 spiro atoms. The van der Waals surface area contributed by atoms with Crippen molar-refractivity contribution in [3.63, 3.8) is 0 Å². The number of thiazole rings is 1. The van der Waals surface area contributed by atoms with E-state index in [4.69, 9.17) is 0 Å². The fraction of sp³-hybridized carbons (Fsp3) is 0.333. The van der Waals surface area contributed by atoms with Gasteiger partial charge in [0.25, 0.3) is 11.8 Å². The van der Waals surface area contributed by atoms with Crippen molar-refractivity contribution >= 4 is 69.4 Å². The van der Waals surface area contributed by atoms with E-state index in [1.165, 1.54) is 28.9 Å². The highest BCUT2D eigenvalue weighted by molar-refractivity contribution is 8.02. The SMILES string of the molecule is C=CSCC1=C(C(=O)O)N2C(=O)C(NC(=O)C(=NOC)c3csc(NC(=O)C(F)(F)F)n3)[C@H]2SC1. The summed E-state index contributed by atoms with van der Waals surface area (Å²) in [6.07, 6.45) is -5.13. The Labute approximate surface area is 207 Å². The third-order valence-corrected chi connectivity index (χ3v) is 7.38. The van der Waals surface area contributed by atoms with Crippen molar-refractivity contribution < 1.29 is 42.3 Å². The molecule has 11 nitrogen and oxygen atoms in total. The number of rotatable bonds is 9. The van der Waals surface area contributed by atoms with Gasteiger partial charge in [-0.25, -0.2) is 9.78 Å². The number of β-lactam (4-membered cyclic amide) rings is 1. The van der Waals surface area contributed by atoms with Gasteiger partial charge in [-0.1, -0.05) is 11.7 Å². The minimum Gasteiger partial charge on any atom is -0.477 e. The van der Waals surface area contributed by atoms with Crippen LogP contribution in [-0.4, -0.2) is 80.6 Å². The van der Waals surface area contributed by atoms with Crippen molar-refractivity contribution in [1.29, 1.82) is 0 Å². The molecule has 1 saturated heterocycles. The fourth-order valence-electron chi connectivity index (χ4n) is 3.07. The first kappa shape index (κ1) is 26.6. The topological polar surface area (TPSA) is 150 Å². The monoisotopic (exact) mass is 551 g/mol. The van der Waals surface area contributed by atoms with Crippen LogP contribution in [0, 0.1) is 0 Å². The minimum absolute atomic E-state index is 0.145. The van der Waals surface area contributed by atoms with E-state index < -0.39 is 52.1 Å². The highest BCUT2D eigenvalue weighted by Crippen LogP contribution is 2.41. The largest absolute Gasteiger partial charge is 0.477 e. The van der Waals surface area contributed by atoms with Gasteiger partial charge in [-0.3, -0.25) is 24.6 Å².